The summed E-state index contributed by atoms with van der Waals surface area (Å²) in [4.78, 5) is 18.7. The number of hydrogen-bond donors (Lipinski definition) is 1. The van der Waals surface area contributed by atoms with Crippen molar-refractivity contribution in [2.24, 2.45) is 0 Å². The summed E-state index contributed by atoms with van der Waals surface area (Å²) in [7, 11) is 0. The first-order valence-corrected chi connectivity index (χ1v) is 9.06. The Bertz CT molecular complexity index is 674. The molecule has 4 nitrogen and oxygen atoms in total. The molecule has 1 fully saturated rings. The number of nitrogens with zero attached hydrogens (tertiary/aromatic N) is 2. The Labute approximate surface area is 145 Å². The topological polar surface area (TPSA) is 45.2 Å². The van der Waals surface area contributed by atoms with E-state index in [1.807, 2.05) is 30.6 Å². The van der Waals surface area contributed by atoms with Crippen LogP contribution < -0.4 is 10.2 Å². The normalized spacial score (nSPS) is 17.5. The number of benzene rings is 1. The smallest absolute Gasteiger partial charge is 0.220 e. The standard InChI is InChI=1S/C17H20ClN3OS/c1-12-10-13(2-4-15(12)18)3-5-16(22)20-14-6-8-21(11-14)17-19-7-9-23-17/h2,4,7,9-10,14H,3,5-6,8,11H2,1H3,(H,20,22)/t14-/m0/s1. The van der Waals surface area contributed by atoms with Crippen LogP contribution in [0.1, 0.15) is 24.0 Å². The fourth-order valence-corrected chi connectivity index (χ4v) is 3.64. The summed E-state index contributed by atoms with van der Waals surface area (Å²) in [6, 6.07) is 6.16. The van der Waals surface area contributed by atoms with Crippen LogP contribution in [-0.4, -0.2) is 30.0 Å². The Morgan fingerprint density at radius 1 is 1.52 bits per heavy atom. The highest BCUT2D eigenvalue weighted by atomic mass is 35.5. The Morgan fingerprint density at radius 3 is 3.13 bits per heavy atom. The van der Waals surface area contributed by atoms with E-state index in [0.717, 1.165) is 47.2 Å². The van der Waals surface area contributed by atoms with Gasteiger partial charge in [0, 0.05) is 42.2 Å². The quantitative estimate of drug-likeness (QED) is 0.899. The highest BCUT2D eigenvalue weighted by molar-refractivity contribution is 7.13. The second kappa shape index (κ2) is 7.32. The molecule has 1 amide bonds. The van der Waals surface area contributed by atoms with Crippen molar-refractivity contribution in [1.82, 2.24) is 10.3 Å². The Morgan fingerprint density at radius 2 is 2.39 bits per heavy atom. The first-order chi connectivity index (χ1) is 11.1. The van der Waals surface area contributed by atoms with Crippen molar-refractivity contribution in [2.45, 2.75) is 32.2 Å². The number of carbonyl (C=O) groups is 1. The summed E-state index contributed by atoms with van der Waals surface area (Å²) < 4.78 is 0. The highest BCUT2D eigenvalue weighted by Crippen LogP contribution is 2.22. The van der Waals surface area contributed by atoms with Crippen LogP contribution in [0.5, 0.6) is 0 Å². The van der Waals surface area contributed by atoms with Gasteiger partial charge in [0.25, 0.3) is 0 Å². The number of thiazole rings is 1. The summed E-state index contributed by atoms with van der Waals surface area (Å²) in [5, 5.41) is 6.93. The minimum absolute atomic E-state index is 0.114. The van der Waals surface area contributed by atoms with Crippen molar-refractivity contribution in [3.8, 4) is 0 Å². The summed E-state index contributed by atoms with van der Waals surface area (Å²) in [6.45, 7) is 3.78. The maximum absolute atomic E-state index is 12.1. The van der Waals surface area contributed by atoms with Crippen molar-refractivity contribution >= 4 is 34.0 Å². The predicted octanol–water partition coefficient (Wildman–Crippen LogP) is 3.43. The number of rotatable bonds is 5. The molecule has 2 aromatic rings. The number of aromatic nitrogens is 1. The molecular formula is C17H20ClN3OS. The van der Waals surface area contributed by atoms with Gasteiger partial charge in [-0.05, 0) is 37.0 Å². The first-order valence-electron chi connectivity index (χ1n) is 7.80. The fourth-order valence-electron chi connectivity index (χ4n) is 2.84. The number of aryl methyl sites for hydroxylation is 2. The van der Waals surface area contributed by atoms with Crippen LogP contribution in [0.3, 0.4) is 0 Å². The van der Waals surface area contributed by atoms with Crippen LogP contribution in [-0.2, 0) is 11.2 Å². The summed E-state index contributed by atoms with van der Waals surface area (Å²) >= 11 is 7.67. The van der Waals surface area contributed by atoms with E-state index in [9.17, 15) is 4.79 Å². The number of hydrogen-bond acceptors (Lipinski definition) is 4. The number of amides is 1. The molecule has 1 N–H and O–H groups in total. The molecular weight excluding hydrogens is 330 g/mol. The van der Waals surface area contributed by atoms with Crippen molar-refractivity contribution in [2.75, 3.05) is 18.0 Å². The van der Waals surface area contributed by atoms with Gasteiger partial charge in [0.05, 0.1) is 0 Å². The van der Waals surface area contributed by atoms with Crippen molar-refractivity contribution < 1.29 is 4.79 Å². The average molecular weight is 350 g/mol. The summed E-state index contributed by atoms with van der Waals surface area (Å²) in [5.41, 5.74) is 2.21. The lowest BCUT2D eigenvalue weighted by Crippen LogP contribution is -2.37. The third-order valence-corrected chi connectivity index (χ3v) is 5.36. The molecule has 23 heavy (non-hydrogen) atoms. The van der Waals surface area contributed by atoms with Crippen LogP contribution in [0.25, 0.3) is 0 Å². The lowest BCUT2D eigenvalue weighted by Gasteiger charge is -2.15. The molecule has 1 atom stereocenters. The second-order valence-corrected chi connectivity index (χ2v) is 7.18. The number of halogens is 1. The second-order valence-electron chi connectivity index (χ2n) is 5.90. The first kappa shape index (κ1) is 16.3. The zero-order valence-electron chi connectivity index (χ0n) is 13.1. The van der Waals surface area contributed by atoms with Crippen LogP contribution >= 0.6 is 22.9 Å². The number of carbonyl (C=O) groups excluding carboxylic acids is 1. The molecule has 1 aliphatic heterocycles. The van der Waals surface area contributed by atoms with E-state index in [0.29, 0.717) is 6.42 Å². The lowest BCUT2D eigenvalue weighted by atomic mass is 10.1. The molecule has 0 aliphatic carbocycles. The van der Waals surface area contributed by atoms with Crippen molar-refractivity contribution in [3.63, 3.8) is 0 Å². The molecule has 3 rings (SSSR count). The van der Waals surface area contributed by atoms with Gasteiger partial charge in [-0.15, -0.1) is 11.3 Å². The number of anilines is 1. The lowest BCUT2D eigenvalue weighted by molar-refractivity contribution is -0.121. The zero-order chi connectivity index (χ0) is 16.2. The SMILES string of the molecule is Cc1cc(CCC(=O)N[C@H]2CCN(c3nccs3)C2)ccc1Cl. The van der Waals surface area contributed by atoms with Gasteiger partial charge in [0.1, 0.15) is 0 Å². The molecule has 1 aromatic carbocycles. The largest absolute Gasteiger partial charge is 0.352 e. The molecule has 0 spiro atoms. The maximum atomic E-state index is 12.1. The Hall–Kier alpha value is -1.59. The average Bonchev–Trinajstić information content (AvgIpc) is 3.19. The summed E-state index contributed by atoms with van der Waals surface area (Å²) in [5.74, 6) is 0.114. The van der Waals surface area contributed by atoms with Crippen molar-refractivity contribution in [1.29, 1.82) is 0 Å². The molecule has 6 heteroatoms. The molecule has 1 aliphatic rings. The minimum Gasteiger partial charge on any atom is -0.352 e. The Kier molecular flexibility index (Phi) is 5.18. The van der Waals surface area contributed by atoms with Gasteiger partial charge in [-0.25, -0.2) is 4.98 Å². The van der Waals surface area contributed by atoms with E-state index in [1.54, 1.807) is 11.3 Å². The van der Waals surface area contributed by atoms with E-state index in [1.165, 1.54) is 0 Å². The third kappa shape index (κ3) is 4.24. The van der Waals surface area contributed by atoms with Gasteiger partial charge in [0.15, 0.2) is 5.13 Å². The molecule has 0 radical (unpaired) electrons. The molecule has 0 unspecified atom stereocenters. The van der Waals surface area contributed by atoms with Gasteiger partial charge in [-0.3, -0.25) is 4.79 Å². The molecule has 1 saturated heterocycles. The van der Waals surface area contributed by atoms with E-state index in [-0.39, 0.29) is 11.9 Å². The van der Waals surface area contributed by atoms with Gasteiger partial charge >= 0.3 is 0 Å². The third-order valence-electron chi connectivity index (χ3n) is 4.11. The minimum atomic E-state index is 0.114. The van der Waals surface area contributed by atoms with E-state index in [2.05, 4.69) is 21.3 Å². The maximum Gasteiger partial charge on any atom is 0.220 e. The fraction of sp³-hybridized carbons (Fsp3) is 0.412. The molecule has 0 saturated carbocycles. The molecule has 0 bridgehead atoms. The Balaban J connectivity index is 1.45. The van der Waals surface area contributed by atoms with E-state index >= 15 is 0 Å². The van der Waals surface area contributed by atoms with Crippen LogP contribution in [0.4, 0.5) is 5.13 Å². The zero-order valence-corrected chi connectivity index (χ0v) is 14.7. The van der Waals surface area contributed by atoms with Gasteiger partial charge in [-0.1, -0.05) is 23.7 Å². The predicted molar refractivity (Wildman–Crippen MR) is 95.4 cm³/mol. The molecule has 1 aromatic heterocycles. The van der Waals surface area contributed by atoms with Crippen LogP contribution in [0, 0.1) is 6.92 Å². The number of nitrogens with one attached hydrogen (secondary N) is 1. The highest BCUT2D eigenvalue weighted by Gasteiger charge is 2.25. The molecule has 2 heterocycles. The van der Waals surface area contributed by atoms with Gasteiger partial charge in [0.2, 0.25) is 5.91 Å². The van der Waals surface area contributed by atoms with Crippen LogP contribution in [0.2, 0.25) is 5.02 Å². The van der Waals surface area contributed by atoms with Gasteiger partial charge in [-0.2, -0.15) is 0 Å². The van der Waals surface area contributed by atoms with Crippen molar-refractivity contribution in [3.05, 3.63) is 45.9 Å². The monoisotopic (exact) mass is 349 g/mol. The van der Waals surface area contributed by atoms with Gasteiger partial charge < -0.3 is 10.2 Å². The van der Waals surface area contributed by atoms with Crippen LogP contribution in [0.15, 0.2) is 29.8 Å². The molecule has 122 valence electrons. The van der Waals surface area contributed by atoms with E-state index in [4.69, 9.17) is 11.6 Å². The van der Waals surface area contributed by atoms with E-state index < -0.39 is 0 Å². The summed E-state index contributed by atoms with van der Waals surface area (Å²) in [6.07, 6.45) is 4.05.